The molecule has 2 aromatic carbocycles. The molecule has 5 heteroatoms. The van der Waals surface area contributed by atoms with Crippen molar-refractivity contribution in [3.05, 3.63) is 71.6 Å². The van der Waals surface area contributed by atoms with Crippen molar-refractivity contribution in [3.63, 3.8) is 0 Å². The van der Waals surface area contributed by atoms with Crippen LogP contribution in [0.4, 0.5) is 8.78 Å². The second-order valence-electron chi connectivity index (χ2n) is 4.02. The molecule has 0 radical (unpaired) electrons. The lowest BCUT2D eigenvalue weighted by atomic mass is 10.2. The van der Waals surface area contributed by atoms with Gasteiger partial charge in [-0.1, -0.05) is 30.3 Å². The van der Waals surface area contributed by atoms with Crippen LogP contribution in [0.15, 0.2) is 60.4 Å². The zero-order valence-electron chi connectivity index (χ0n) is 10.7. The van der Waals surface area contributed by atoms with Crippen LogP contribution in [0.5, 0.6) is 5.75 Å². The average Bonchev–Trinajstić information content (AvgIpc) is 2.55. The van der Waals surface area contributed by atoms with Gasteiger partial charge in [0.1, 0.15) is 5.75 Å². The number of benzene rings is 2. The fourth-order valence-electron chi connectivity index (χ4n) is 1.55. The van der Waals surface area contributed by atoms with Crippen LogP contribution >= 0.6 is 0 Å². The summed E-state index contributed by atoms with van der Waals surface area (Å²) in [4.78, 5) is 11.5. The van der Waals surface area contributed by atoms with Crippen LogP contribution in [0.3, 0.4) is 0 Å². The van der Waals surface area contributed by atoms with Gasteiger partial charge in [-0.25, -0.2) is 9.18 Å². The predicted molar refractivity (Wildman–Crippen MR) is 72.4 cm³/mol. The van der Waals surface area contributed by atoms with E-state index in [1.54, 1.807) is 6.07 Å². The molecule has 104 valence electrons. The normalized spacial score (nSPS) is 11.3. The Morgan fingerprint density at radius 1 is 1.00 bits per heavy atom. The number of rotatable bonds is 3. The first kappa shape index (κ1) is 14.4. The maximum atomic E-state index is 13.8. The lowest BCUT2D eigenvalue weighted by molar-refractivity contribution is -0.131. The highest BCUT2D eigenvalue weighted by atomic mass is 19.2. The summed E-state index contributed by atoms with van der Waals surface area (Å²) in [7, 11) is 0. The average molecular weight is 285 g/mol. The number of hydrogen-bond donors (Lipinski definition) is 0. The molecule has 3 nitrogen and oxygen atoms in total. The molecule has 2 aromatic rings. The number of halogens is 2. The lowest BCUT2D eigenvalue weighted by Gasteiger charge is -2.04. The fraction of sp³-hybridized carbons (Fsp3) is 0. The van der Waals surface area contributed by atoms with Crippen molar-refractivity contribution in [2.45, 2.75) is 0 Å². The molecule has 0 unspecified atom stereocenters. The van der Waals surface area contributed by atoms with E-state index in [2.05, 4.69) is 0 Å². The number of ether oxygens (including phenoxy) is 1. The van der Waals surface area contributed by atoms with Crippen molar-refractivity contribution < 1.29 is 18.3 Å². The minimum Gasteiger partial charge on any atom is -0.421 e. The van der Waals surface area contributed by atoms with Crippen LogP contribution in [0.1, 0.15) is 11.1 Å². The minimum atomic E-state index is -1.61. The van der Waals surface area contributed by atoms with Gasteiger partial charge in [0.05, 0.1) is 11.6 Å². The highest BCUT2D eigenvalue weighted by Crippen LogP contribution is 2.23. The summed E-state index contributed by atoms with van der Waals surface area (Å²) in [5.41, 5.74) is 0.313. The first-order valence-corrected chi connectivity index (χ1v) is 5.95. The van der Waals surface area contributed by atoms with Gasteiger partial charge in [-0.2, -0.15) is 9.65 Å². The van der Waals surface area contributed by atoms with E-state index in [4.69, 9.17) is 10.00 Å². The van der Waals surface area contributed by atoms with Crippen molar-refractivity contribution in [2.75, 3.05) is 0 Å². The Balaban J connectivity index is 2.17. The number of nitrogens with zero attached hydrogens (tertiary/aromatic N) is 1. The second kappa shape index (κ2) is 6.44. The highest BCUT2D eigenvalue weighted by molar-refractivity contribution is 5.94. The van der Waals surface area contributed by atoms with Crippen molar-refractivity contribution in [1.82, 2.24) is 0 Å². The van der Waals surface area contributed by atoms with Gasteiger partial charge in [-0.05, 0) is 24.3 Å². The number of carbonyl (C=O) groups excluding carboxylic acids is 1. The van der Waals surface area contributed by atoms with Crippen LogP contribution in [0.25, 0.3) is 5.83 Å². The monoisotopic (exact) mass is 285 g/mol. The SMILES string of the molecule is N#Cc1ccc(OC(=O)C(F)=C(F)c2ccccc2)cc1. The largest absolute Gasteiger partial charge is 0.421 e. The summed E-state index contributed by atoms with van der Waals surface area (Å²) in [6.07, 6.45) is 0. The molecule has 21 heavy (non-hydrogen) atoms. The van der Waals surface area contributed by atoms with Crippen LogP contribution in [-0.2, 0) is 4.79 Å². The summed E-state index contributed by atoms with van der Waals surface area (Å²) in [6.45, 7) is 0. The van der Waals surface area contributed by atoms with Crippen molar-refractivity contribution in [1.29, 1.82) is 5.26 Å². The van der Waals surface area contributed by atoms with Crippen LogP contribution in [0.2, 0.25) is 0 Å². The smallest absolute Gasteiger partial charge is 0.375 e. The summed E-state index contributed by atoms with van der Waals surface area (Å²) >= 11 is 0. The summed E-state index contributed by atoms with van der Waals surface area (Å²) in [6, 6.07) is 14.7. The molecule has 0 amide bonds. The van der Waals surface area contributed by atoms with E-state index in [-0.39, 0.29) is 11.3 Å². The third kappa shape index (κ3) is 3.51. The van der Waals surface area contributed by atoms with E-state index < -0.39 is 17.6 Å². The molecule has 0 bridgehead atoms. The molecule has 0 N–H and O–H groups in total. The highest BCUT2D eigenvalue weighted by Gasteiger charge is 2.19. The number of hydrogen-bond acceptors (Lipinski definition) is 3. The zero-order chi connectivity index (χ0) is 15.2. The van der Waals surface area contributed by atoms with Crippen LogP contribution in [-0.4, -0.2) is 5.97 Å². The molecule has 0 aliphatic heterocycles. The molecular weight excluding hydrogens is 276 g/mol. The first-order valence-electron chi connectivity index (χ1n) is 5.95. The summed E-state index contributed by atoms with van der Waals surface area (Å²) in [5, 5.41) is 8.62. The molecule has 0 saturated carbocycles. The van der Waals surface area contributed by atoms with E-state index in [9.17, 15) is 13.6 Å². The third-order valence-corrected chi connectivity index (χ3v) is 2.59. The van der Waals surface area contributed by atoms with Crippen LogP contribution in [0, 0.1) is 11.3 Å². The van der Waals surface area contributed by atoms with Gasteiger partial charge < -0.3 is 4.74 Å². The molecule has 0 heterocycles. The topological polar surface area (TPSA) is 50.1 Å². The zero-order valence-corrected chi connectivity index (χ0v) is 10.7. The van der Waals surface area contributed by atoms with Gasteiger partial charge >= 0.3 is 5.97 Å². The number of nitriles is 1. The van der Waals surface area contributed by atoms with Gasteiger partial charge in [0.2, 0.25) is 5.83 Å². The Kier molecular flexibility index (Phi) is 4.42. The Morgan fingerprint density at radius 3 is 2.19 bits per heavy atom. The standard InChI is InChI=1S/C16H9F2NO2/c17-14(12-4-2-1-3-5-12)15(18)16(20)21-13-8-6-11(10-19)7-9-13/h1-9H. The molecule has 0 spiro atoms. The fourth-order valence-corrected chi connectivity index (χ4v) is 1.55. The van der Waals surface area contributed by atoms with E-state index in [0.29, 0.717) is 5.56 Å². The molecule has 0 atom stereocenters. The molecule has 0 saturated heterocycles. The van der Waals surface area contributed by atoms with Gasteiger partial charge in [0, 0.05) is 5.56 Å². The first-order chi connectivity index (χ1) is 10.1. The molecular formula is C16H9F2NO2. The molecule has 0 fully saturated rings. The molecule has 0 aliphatic carbocycles. The van der Waals surface area contributed by atoms with Gasteiger partial charge in [0.25, 0.3) is 0 Å². The maximum Gasteiger partial charge on any atom is 0.375 e. The number of esters is 1. The summed E-state index contributed by atoms with van der Waals surface area (Å²) < 4.78 is 32.1. The second-order valence-corrected chi connectivity index (χ2v) is 4.02. The number of carbonyl (C=O) groups is 1. The molecule has 0 aromatic heterocycles. The van der Waals surface area contributed by atoms with Gasteiger partial charge in [-0.15, -0.1) is 0 Å². The van der Waals surface area contributed by atoms with Gasteiger partial charge in [0.15, 0.2) is 5.83 Å². The van der Waals surface area contributed by atoms with Crippen molar-refractivity contribution in [3.8, 4) is 11.8 Å². The lowest BCUT2D eigenvalue weighted by Crippen LogP contribution is -2.09. The van der Waals surface area contributed by atoms with Gasteiger partial charge in [-0.3, -0.25) is 0 Å². The quantitative estimate of drug-likeness (QED) is 0.490. The Morgan fingerprint density at radius 2 is 1.62 bits per heavy atom. The Bertz CT molecular complexity index is 716. The summed E-state index contributed by atoms with van der Waals surface area (Å²) in [5.74, 6) is -4.30. The Labute approximate surface area is 119 Å². The van der Waals surface area contributed by atoms with Crippen molar-refractivity contribution in [2.24, 2.45) is 0 Å². The minimum absolute atomic E-state index is 0.0232. The van der Waals surface area contributed by atoms with E-state index in [1.807, 2.05) is 6.07 Å². The third-order valence-electron chi connectivity index (χ3n) is 2.59. The Hall–Kier alpha value is -3.00. The van der Waals surface area contributed by atoms with E-state index in [0.717, 1.165) is 0 Å². The maximum absolute atomic E-state index is 13.8. The van der Waals surface area contributed by atoms with E-state index >= 15 is 0 Å². The van der Waals surface area contributed by atoms with Crippen molar-refractivity contribution >= 4 is 11.8 Å². The molecule has 0 aliphatic rings. The van der Waals surface area contributed by atoms with E-state index in [1.165, 1.54) is 48.5 Å². The van der Waals surface area contributed by atoms with Crippen LogP contribution < -0.4 is 4.74 Å². The predicted octanol–water partition coefficient (Wildman–Crippen LogP) is 3.77. The molecule has 2 rings (SSSR count).